The Bertz CT molecular complexity index is 690. The van der Waals surface area contributed by atoms with Crippen molar-refractivity contribution in [2.75, 3.05) is 0 Å². The minimum absolute atomic E-state index is 0.128. The van der Waals surface area contributed by atoms with Crippen LogP contribution in [0.4, 0.5) is 4.39 Å². The molecule has 84 valence electrons. The molecule has 0 aromatic heterocycles. The van der Waals surface area contributed by atoms with Crippen LogP contribution in [-0.2, 0) is 0 Å². The van der Waals surface area contributed by atoms with E-state index in [-0.39, 0.29) is 21.6 Å². The lowest BCUT2D eigenvalue weighted by Gasteiger charge is -1.97. The molecule has 5 heteroatoms. The minimum atomic E-state index is -0.809. The summed E-state index contributed by atoms with van der Waals surface area (Å²) in [4.78, 5) is 0. The van der Waals surface area contributed by atoms with Gasteiger partial charge in [-0.15, -0.1) is 0 Å². The first-order valence-corrected chi connectivity index (χ1v) is 4.74. The standard InChI is InChI=1S/C13H5FN4/c1-8-2-12(10(6-17)7-18)13(14)3-11(8)9(4-15)5-16/h2-3H,1H3. The quantitative estimate of drug-likeness (QED) is 0.656. The second-order valence-corrected chi connectivity index (χ2v) is 3.34. The van der Waals surface area contributed by atoms with Crippen LogP contribution < -0.4 is 10.4 Å². The second-order valence-electron chi connectivity index (χ2n) is 3.34. The van der Waals surface area contributed by atoms with E-state index in [1.807, 2.05) is 0 Å². The van der Waals surface area contributed by atoms with Crippen LogP contribution in [0.2, 0.25) is 0 Å². The Balaban J connectivity index is 3.96. The Kier molecular flexibility index (Phi) is 3.78. The maximum Gasteiger partial charge on any atom is 0.139 e. The van der Waals surface area contributed by atoms with Crippen molar-refractivity contribution in [2.45, 2.75) is 6.92 Å². The molecule has 0 unspecified atom stereocenters. The molecule has 0 aliphatic carbocycles. The summed E-state index contributed by atoms with van der Waals surface area (Å²) < 4.78 is 13.7. The highest BCUT2D eigenvalue weighted by Crippen LogP contribution is 1.97. The summed E-state index contributed by atoms with van der Waals surface area (Å²) in [5.41, 5.74) is -0.112. The third kappa shape index (κ3) is 2.17. The van der Waals surface area contributed by atoms with Gasteiger partial charge in [0.15, 0.2) is 0 Å². The fourth-order valence-corrected chi connectivity index (χ4v) is 1.43. The lowest BCUT2D eigenvalue weighted by molar-refractivity contribution is 0.617. The molecule has 0 amide bonds. The van der Waals surface area contributed by atoms with Crippen LogP contribution >= 0.6 is 0 Å². The zero-order chi connectivity index (χ0) is 13.7. The van der Waals surface area contributed by atoms with E-state index in [2.05, 4.69) is 0 Å². The van der Waals surface area contributed by atoms with E-state index in [4.69, 9.17) is 21.0 Å². The van der Waals surface area contributed by atoms with Crippen molar-refractivity contribution in [1.82, 2.24) is 0 Å². The number of hydrogen-bond donors (Lipinski definition) is 0. The van der Waals surface area contributed by atoms with Gasteiger partial charge >= 0.3 is 0 Å². The summed E-state index contributed by atoms with van der Waals surface area (Å²) in [6, 6.07) is 8.78. The molecule has 1 rings (SSSR count). The fourth-order valence-electron chi connectivity index (χ4n) is 1.43. The zero-order valence-corrected chi connectivity index (χ0v) is 9.32. The highest BCUT2D eigenvalue weighted by Gasteiger charge is 2.06. The largest absolute Gasteiger partial charge is 0.206 e. The van der Waals surface area contributed by atoms with Gasteiger partial charge in [0.05, 0.1) is 0 Å². The van der Waals surface area contributed by atoms with Gasteiger partial charge in [-0.3, -0.25) is 0 Å². The van der Waals surface area contributed by atoms with Crippen molar-refractivity contribution in [3.8, 4) is 24.3 Å². The highest BCUT2D eigenvalue weighted by molar-refractivity contribution is 5.75. The highest BCUT2D eigenvalue weighted by atomic mass is 19.1. The molecule has 0 N–H and O–H groups in total. The van der Waals surface area contributed by atoms with Gasteiger partial charge in [0.1, 0.15) is 41.2 Å². The van der Waals surface area contributed by atoms with Crippen molar-refractivity contribution < 1.29 is 4.39 Å². The van der Waals surface area contributed by atoms with E-state index in [1.165, 1.54) is 6.07 Å². The molecular formula is C13H5FN4. The van der Waals surface area contributed by atoms with Crippen LogP contribution in [0.15, 0.2) is 12.1 Å². The van der Waals surface area contributed by atoms with Gasteiger partial charge in [-0.25, -0.2) is 4.39 Å². The first-order chi connectivity index (χ1) is 8.58. The summed E-state index contributed by atoms with van der Waals surface area (Å²) in [6.45, 7) is 1.57. The van der Waals surface area contributed by atoms with Crippen molar-refractivity contribution in [3.05, 3.63) is 34.0 Å². The van der Waals surface area contributed by atoms with Gasteiger partial charge in [-0.2, -0.15) is 21.0 Å². The third-order valence-corrected chi connectivity index (χ3v) is 2.30. The minimum Gasteiger partial charge on any atom is -0.206 e. The first kappa shape index (κ1) is 12.9. The number of rotatable bonds is 0. The number of nitrogens with zero attached hydrogens (tertiary/aromatic N) is 4. The molecule has 0 atom stereocenters. The average Bonchev–Trinajstić information content (AvgIpc) is 2.37. The summed E-state index contributed by atoms with van der Waals surface area (Å²) in [7, 11) is 0. The topological polar surface area (TPSA) is 95.2 Å². The van der Waals surface area contributed by atoms with Crippen LogP contribution in [0.5, 0.6) is 0 Å². The molecule has 0 saturated heterocycles. The van der Waals surface area contributed by atoms with Crippen molar-refractivity contribution in [2.24, 2.45) is 0 Å². The molecule has 4 nitrogen and oxygen atoms in total. The zero-order valence-electron chi connectivity index (χ0n) is 9.32. The number of benzene rings is 1. The SMILES string of the molecule is Cc1cc(=C(C#N)C#N)c(F)cc1=C(C#N)C#N. The molecule has 0 bridgehead atoms. The molecule has 0 aliphatic heterocycles. The molecule has 1 aromatic rings. The van der Waals surface area contributed by atoms with E-state index in [0.29, 0.717) is 5.56 Å². The van der Waals surface area contributed by atoms with E-state index < -0.39 is 5.82 Å². The van der Waals surface area contributed by atoms with E-state index in [9.17, 15) is 4.39 Å². The van der Waals surface area contributed by atoms with Gasteiger partial charge in [-0.1, -0.05) is 0 Å². The van der Waals surface area contributed by atoms with Gasteiger partial charge in [0.2, 0.25) is 0 Å². The molecule has 0 fully saturated rings. The van der Waals surface area contributed by atoms with Crippen LogP contribution in [0.1, 0.15) is 5.56 Å². The maximum atomic E-state index is 13.7. The first-order valence-electron chi connectivity index (χ1n) is 4.74. The Morgan fingerprint density at radius 3 is 1.78 bits per heavy atom. The molecule has 1 aromatic carbocycles. The van der Waals surface area contributed by atoms with Gasteiger partial charge in [0.25, 0.3) is 0 Å². The lowest BCUT2D eigenvalue weighted by atomic mass is 10.1. The summed E-state index contributed by atoms with van der Waals surface area (Å²) in [5, 5.41) is 34.8. The van der Waals surface area contributed by atoms with Gasteiger partial charge in [0, 0.05) is 10.4 Å². The Labute approximate surface area is 102 Å². The second kappa shape index (κ2) is 5.26. The number of halogens is 1. The molecule has 0 saturated carbocycles. The van der Waals surface area contributed by atoms with Crippen LogP contribution in [0.25, 0.3) is 11.1 Å². The van der Waals surface area contributed by atoms with Gasteiger partial charge < -0.3 is 0 Å². The van der Waals surface area contributed by atoms with Crippen molar-refractivity contribution >= 4 is 11.1 Å². The fraction of sp³-hybridized carbons (Fsp3) is 0.0769. The molecule has 0 heterocycles. The predicted molar refractivity (Wildman–Crippen MR) is 59.7 cm³/mol. The normalized spacial score (nSPS) is 8.33. The number of nitriles is 4. The van der Waals surface area contributed by atoms with Crippen molar-refractivity contribution in [3.63, 3.8) is 0 Å². The van der Waals surface area contributed by atoms with E-state index >= 15 is 0 Å². The van der Waals surface area contributed by atoms with Crippen LogP contribution in [0.3, 0.4) is 0 Å². The smallest absolute Gasteiger partial charge is 0.139 e. The monoisotopic (exact) mass is 236 g/mol. The number of hydrogen-bond acceptors (Lipinski definition) is 4. The summed E-state index contributed by atoms with van der Waals surface area (Å²) in [5.74, 6) is -0.809. The van der Waals surface area contributed by atoms with Crippen LogP contribution in [-0.4, -0.2) is 0 Å². The Morgan fingerprint density at radius 2 is 1.33 bits per heavy atom. The Morgan fingerprint density at radius 1 is 0.889 bits per heavy atom. The molecule has 0 spiro atoms. The molecule has 0 radical (unpaired) electrons. The molecule has 18 heavy (non-hydrogen) atoms. The van der Waals surface area contributed by atoms with Gasteiger partial charge in [-0.05, 0) is 24.6 Å². The van der Waals surface area contributed by atoms with Crippen LogP contribution in [0, 0.1) is 58.1 Å². The maximum absolute atomic E-state index is 13.7. The molecule has 0 aliphatic rings. The van der Waals surface area contributed by atoms with E-state index in [1.54, 1.807) is 31.2 Å². The number of aryl methyl sites for hydroxylation is 1. The third-order valence-electron chi connectivity index (χ3n) is 2.30. The summed E-state index contributed by atoms with van der Waals surface area (Å²) in [6.07, 6.45) is 0. The Hall–Kier alpha value is -3.15. The van der Waals surface area contributed by atoms with Crippen molar-refractivity contribution in [1.29, 1.82) is 21.0 Å². The predicted octanol–water partition coefficient (Wildman–Crippen LogP) is 0.530. The molecular weight excluding hydrogens is 231 g/mol. The lowest BCUT2D eigenvalue weighted by Crippen LogP contribution is -2.20. The van der Waals surface area contributed by atoms with E-state index in [0.717, 1.165) is 6.07 Å². The summed E-state index contributed by atoms with van der Waals surface area (Å²) >= 11 is 0. The average molecular weight is 236 g/mol.